The van der Waals surface area contributed by atoms with E-state index < -0.39 is 0 Å². The molecule has 1 aromatic rings. The molecule has 0 bridgehead atoms. The lowest BCUT2D eigenvalue weighted by atomic mass is 10.1. The van der Waals surface area contributed by atoms with Crippen LogP contribution < -0.4 is 5.32 Å². The molecule has 1 rings (SSSR count). The molecule has 1 atom stereocenters. The number of hydrogen-bond acceptors (Lipinski definition) is 3. The highest BCUT2D eigenvalue weighted by atomic mass is 16.5. The van der Waals surface area contributed by atoms with E-state index in [1.54, 1.807) is 0 Å². The van der Waals surface area contributed by atoms with Crippen LogP contribution in [0.5, 0.6) is 0 Å². The number of pyridine rings is 1. The van der Waals surface area contributed by atoms with Gasteiger partial charge in [-0.2, -0.15) is 0 Å². The molecule has 0 saturated heterocycles. The number of ether oxygens (including phenoxy) is 1. The topological polar surface area (TPSA) is 34.1 Å². The van der Waals surface area contributed by atoms with Crippen molar-refractivity contribution in [2.24, 2.45) is 11.8 Å². The number of nitrogens with zero attached hydrogens (tertiary/aromatic N) is 1. The molecule has 0 fully saturated rings. The lowest BCUT2D eigenvalue weighted by molar-refractivity contribution is 0.0214. The minimum Gasteiger partial charge on any atom is -0.377 e. The van der Waals surface area contributed by atoms with Gasteiger partial charge in [-0.25, -0.2) is 0 Å². The molecule has 0 aliphatic rings. The first-order valence-corrected chi connectivity index (χ1v) is 7.80. The van der Waals surface area contributed by atoms with Gasteiger partial charge in [0.1, 0.15) is 0 Å². The summed E-state index contributed by atoms with van der Waals surface area (Å²) in [4.78, 5) is 4.03. The van der Waals surface area contributed by atoms with Gasteiger partial charge in [-0.1, -0.05) is 27.7 Å². The fourth-order valence-electron chi connectivity index (χ4n) is 2.06. The van der Waals surface area contributed by atoms with Gasteiger partial charge in [0.05, 0.1) is 6.10 Å². The Morgan fingerprint density at radius 1 is 1.10 bits per heavy atom. The zero-order chi connectivity index (χ0) is 14.8. The number of nitrogens with one attached hydrogen (secondary N) is 1. The van der Waals surface area contributed by atoms with Crippen molar-refractivity contribution in [2.45, 2.75) is 46.6 Å². The summed E-state index contributed by atoms with van der Waals surface area (Å²) in [6, 6.07) is 4.15. The first-order chi connectivity index (χ1) is 9.59. The maximum absolute atomic E-state index is 6.03. The van der Waals surface area contributed by atoms with Gasteiger partial charge < -0.3 is 10.1 Å². The number of aromatic nitrogens is 1. The van der Waals surface area contributed by atoms with E-state index in [0.717, 1.165) is 32.5 Å². The number of rotatable bonds is 10. The van der Waals surface area contributed by atoms with Crippen LogP contribution in [0.3, 0.4) is 0 Å². The Morgan fingerprint density at radius 2 is 1.80 bits per heavy atom. The molecule has 1 heterocycles. The van der Waals surface area contributed by atoms with Crippen molar-refractivity contribution < 1.29 is 4.74 Å². The molecule has 3 nitrogen and oxygen atoms in total. The van der Waals surface area contributed by atoms with E-state index >= 15 is 0 Å². The van der Waals surface area contributed by atoms with Crippen molar-refractivity contribution in [2.75, 3.05) is 19.7 Å². The summed E-state index contributed by atoms with van der Waals surface area (Å²) in [6.07, 6.45) is 6.14. The van der Waals surface area contributed by atoms with E-state index in [2.05, 4.69) is 50.1 Å². The largest absolute Gasteiger partial charge is 0.377 e. The highest BCUT2D eigenvalue weighted by molar-refractivity contribution is 5.09. The van der Waals surface area contributed by atoms with E-state index in [4.69, 9.17) is 4.74 Å². The third-order valence-electron chi connectivity index (χ3n) is 3.33. The molecule has 3 heteroatoms. The highest BCUT2D eigenvalue weighted by Gasteiger charge is 2.13. The van der Waals surface area contributed by atoms with E-state index in [1.807, 2.05) is 12.4 Å². The summed E-state index contributed by atoms with van der Waals surface area (Å²) >= 11 is 0. The summed E-state index contributed by atoms with van der Waals surface area (Å²) in [7, 11) is 0. The molecule has 0 aromatic carbocycles. The van der Waals surface area contributed by atoms with Crippen LogP contribution in [0.1, 0.15) is 39.7 Å². The summed E-state index contributed by atoms with van der Waals surface area (Å²) in [6.45, 7) is 11.7. The van der Waals surface area contributed by atoms with E-state index in [1.165, 1.54) is 5.56 Å². The SMILES string of the molecule is CC(C)CNCC(OCCCc1ccncc1)C(C)C. The van der Waals surface area contributed by atoms with E-state index in [0.29, 0.717) is 17.9 Å². The fourth-order valence-corrected chi connectivity index (χ4v) is 2.06. The van der Waals surface area contributed by atoms with Crippen LogP contribution in [0, 0.1) is 11.8 Å². The molecule has 1 N–H and O–H groups in total. The average molecular weight is 278 g/mol. The van der Waals surface area contributed by atoms with Crippen LogP contribution in [0.15, 0.2) is 24.5 Å². The first-order valence-electron chi connectivity index (χ1n) is 7.80. The van der Waals surface area contributed by atoms with Crippen LogP contribution in [0.4, 0.5) is 0 Å². The predicted molar refractivity (Wildman–Crippen MR) is 84.8 cm³/mol. The normalized spacial score (nSPS) is 13.1. The van der Waals surface area contributed by atoms with Crippen molar-refractivity contribution in [1.82, 2.24) is 10.3 Å². The van der Waals surface area contributed by atoms with E-state index in [-0.39, 0.29) is 0 Å². The van der Waals surface area contributed by atoms with Crippen LogP contribution in [-0.2, 0) is 11.2 Å². The minimum atomic E-state index is 0.311. The lowest BCUT2D eigenvalue weighted by Gasteiger charge is -2.22. The zero-order valence-electron chi connectivity index (χ0n) is 13.4. The Kier molecular flexibility index (Phi) is 8.47. The molecule has 1 unspecified atom stereocenters. The molecule has 0 radical (unpaired) electrons. The van der Waals surface area contributed by atoms with Crippen molar-refractivity contribution in [3.8, 4) is 0 Å². The Hall–Kier alpha value is -0.930. The third kappa shape index (κ3) is 7.61. The number of aryl methyl sites for hydroxylation is 1. The second-order valence-electron chi connectivity index (χ2n) is 6.16. The van der Waals surface area contributed by atoms with Gasteiger partial charge in [-0.05, 0) is 48.9 Å². The Morgan fingerprint density at radius 3 is 2.40 bits per heavy atom. The predicted octanol–water partition coefficient (Wildman–Crippen LogP) is 3.30. The Balaban J connectivity index is 2.18. The van der Waals surface area contributed by atoms with Crippen LogP contribution in [0.2, 0.25) is 0 Å². The van der Waals surface area contributed by atoms with Crippen molar-refractivity contribution in [3.63, 3.8) is 0 Å². The lowest BCUT2D eigenvalue weighted by Crippen LogP contribution is -2.35. The molecule has 20 heavy (non-hydrogen) atoms. The first kappa shape index (κ1) is 17.1. The summed E-state index contributed by atoms with van der Waals surface area (Å²) in [5.41, 5.74) is 1.34. The maximum atomic E-state index is 6.03. The molecule has 0 aliphatic carbocycles. The quantitative estimate of drug-likeness (QED) is 0.667. The second kappa shape index (κ2) is 9.89. The van der Waals surface area contributed by atoms with Gasteiger partial charge in [0, 0.05) is 25.5 Å². The van der Waals surface area contributed by atoms with Gasteiger partial charge in [0.25, 0.3) is 0 Å². The third-order valence-corrected chi connectivity index (χ3v) is 3.33. The molecule has 0 spiro atoms. The summed E-state index contributed by atoms with van der Waals surface area (Å²) < 4.78 is 6.03. The van der Waals surface area contributed by atoms with Crippen LogP contribution in [0.25, 0.3) is 0 Å². The van der Waals surface area contributed by atoms with Gasteiger partial charge in [0.15, 0.2) is 0 Å². The van der Waals surface area contributed by atoms with Crippen molar-refractivity contribution in [3.05, 3.63) is 30.1 Å². The average Bonchev–Trinajstić information content (AvgIpc) is 2.42. The van der Waals surface area contributed by atoms with Crippen molar-refractivity contribution >= 4 is 0 Å². The second-order valence-corrected chi connectivity index (χ2v) is 6.16. The molecule has 0 saturated carbocycles. The Bertz CT molecular complexity index is 338. The molecule has 1 aromatic heterocycles. The van der Waals surface area contributed by atoms with Gasteiger partial charge in [-0.3, -0.25) is 4.98 Å². The monoisotopic (exact) mass is 278 g/mol. The zero-order valence-corrected chi connectivity index (χ0v) is 13.4. The Labute approximate surface area is 124 Å². The summed E-state index contributed by atoms with van der Waals surface area (Å²) in [5.74, 6) is 1.24. The van der Waals surface area contributed by atoms with Crippen LogP contribution >= 0.6 is 0 Å². The van der Waals surface area contributed by atoms with E-state index in [9.17, 15) is 0 Å². The van der Waals surface area contributed by atoms with Crippen LogP contribution in [-0.4, -0.2) is 30.8 Å². The standard InChI is InChI=1S/C17H30N2O/c1-14(2)12-19-13-17(15(3)4)20-11-5-6-16-7-9-18-10-8-16/h7-10,14-15,17,19H,5-6,11-13H2,1-4H3. The number of hydrogen-bond donors (Lipinski definition) is 1. The molecular formula is C17H30N2O. The van der Waals surface area contributed by atoms with Gasteiger partial charge >= 0.3 is 0 Å². The highest BCUT2D eigenvalue weighted by Crippen LogP contribution is 2.08. The molecule has 0 aliphatic heterocycles. The minimum absolute atomic E-state index is 0.311. The van der Waals surface area contributed by atoms with Crippen molar-refractivity contribution in [1.29, 1.82) is 0 Å². The maximum Gasteiger partial charge on any atom is 0.0722 e. The molecule has 0 amide bonds. The summed E-state index contributed by atoms with van der Waals surface area (Å²) in [5, 5.41) is 3.49. The van der Waals surface area contributed by atoms with Gasteiger partial charge in [0.2, 0.25) is 0 Å². The van der Waals surface area contributed by atoms with Gasteiger partial charge in [-0.15, -0.1) is 0 Å². The molecular weight excluding hydrogens is 248 g/mol. The smallest absolute Gasteiger partial charge is 0.0722 e. The fraction of sp³-hybridized carbons (Fsp3) is 0.706. The molecule has 114 valence electrons.